The maximum atomic E-state index is 12.9. The highest BCUT2D eigenvalue weighted by atomic mass is 16.2. The molecule has 0 bridgehead atoms. The molecule has 0 radical (unpaired) electrons. The van der Waals surface area contributed by atoms with Crippen molar-refractivity contribution in [1.29, 1.82) is 0 Å². The van der Waals surface area contributed by atoms with E-state index in [0.29, 0.717) is 5.56 Å². The number of hydrogen-bond donors (Lipinski definition) is 0. The van der Waals surface area contributed by atoms with Crippen LogP contribution in [0.25, 0.3) is 0 Å². The standard InChI is InChI=1S/C19H22N4O/c24-18(16-13-20-19(21-14-16)22-10-4-5-11-22)23-12-6-9-17(23)15-7-2-1-3-8-15/h1-3,7-8,13-14,17H,4-6,9-12H2/t17-/m1/s1. The molecule has 5 heteroatoms. The summed E-state index contributed by atoms with van der Waals surface area (Å²) in [5.74, 6) is 0.777. The topological polar surface area (TPSA) is 49.3 Å². The lowest BCUT2D eigenvalue weighted by Gasteiger charge is -2.25. The molecule has 3 heterocycles. The van der Waals surface area contributed by atoms with Crippen LogP contribution >= 0.6 is 0 Å². The van der Waals surface area contributed by atoms with Crippen molar-refractivity contribution in [3.05, 3.63) is 53.9 Å². The Balaban J connectivity index is 1.52. The van der Waals surface area contributed by atoms with Crippen molar-refractivity contribution in [1.82, 2.24) is 14.9 Å². The second-order valence-electron chi connectivity index (χ2n) is 6.53. The van der Waals surface area contributed by atoms with Gasteiger partial charge in [0, 0.05) is 32.0 Å². The summed E-state index contributed by atoms with van der Waals surface area (Å²) in [5, 5.41) is 0. The summed E-state index contributed by atoms with van der Waals surface area (Å²) in [6.45, 7) is 2.82. The van der Waals surface area contributed by atoms with Crippen molar-refractivity contribution in [2.24, 2.45) is 0 Å². The van der Waals surface area contributed by atoms with E-state index in [1.165, 1.54) is 18.4 Å². The van der Waals surface area contributed by atoms with Crippen LogP contribution in [0.5, 0.6) is 0 Å². The molecule has 24 heavy (non-hydrogen) atoms. The number of benzene rings is 1. The lowest BCUT2D eigenvalue weighted by Crippen LogP contribution is -2.31. The minimum absolute atomic E-state index is 0.0364. The van der Waals surface area contributed by atoms with Crippen LogP contribution in [-0.4, -0.2) is 40.4 Å². The fraction of sp³-hybridized carbons (Fsp3) is 0.421. The normalized spacial score (nSPS) is 20.6. The average molecular weight is 322 g/mol. The van der Waals surface area contributed by atoms with Gasteiger partial charge < -0.3 is 9.80 Å². The van der Waals surface area contributed by atoms with Crippen LogP contribution in [-0.2, 0) is 0 Å². The molecule has 1 aromatic heterocycles. The fourth-order valence-electron chi connectivity index (χ4n) is 3.71. The van der Waals surface area contributed by atoms with Crippen LogP contribution < -0.4 is 4.90 Å². The summed E-state index contributed by atoms with van der Waals surface area (Å²) < 4.78 is 0. The molecular formula is C19H22N4O. The van der Waals surface area contributed by atoms with E-state index in [2.05, 4.69) is 27.0 Å². The number of rotatable bonds is 3. The molecule has 124 valence electrons. The summed E-state index contributed by atoms with van der Waals surface area (Å²) >= 11 is 0. The van der Waals surface area contributed by atoms with Gasteiger partial charge in [-0.3, -0.25) is 4.79 Å². The Morgan fingerprint density at radius 2 is 1.67 bits per heavy atom. The van der Waals surface area contributed by atoms with Gasteiger partial charge in [0.2, 0.25) is 5.95 Å². The molecule has 2 aliphatic heterocycles. The van der Waals surface area contributed by atoms with Gasteiger partial charge in [0.15, 0.2) is 0 Å². The van der Waals surface area contributed by atoms with Gasteiger partial charge in [-0.2, -0.15) is 0 Å². The molecule has 0 saturated carbocycles. The van der Waals surface area contributed by atoms with Crippen LogP contribution in [0.3, 0.4) is 0 Å². The van der Waals surface area contributed by atoms with E-state index in [-0.39, 0.29) is 11.9 Å². The lowest BCUT2D eigenvalue weighted by atomic mass is 10.0. The van der Waals surface area contributed by atoms with E-state index in [0.717, 1.165) is 38.4 Å². The first-order valence-electron chi connectivity index (χ1n) is 8.76. The van der Waals surface area contributed by atoms with Crippen LogP contribution in [0.1, 0.15) is 47.6 Å². The number of aromatic nitrogens is 2. The van der Waals surface area contributed by atoms with Crippen molar-refractivity contribution in [3.8, 4) is 0 Å². The van der Waals surface area contributed by atoms with Gasteiger partial charge in [-0.1, -0.05) is 30.3 Å². The summed E-state index contributed by atoms with van der Waals surface area (Å²) in [4.78, 5) is 25.9. The summed E-state index contributed by atoms with van der Waals surface area (Å²) in [6.07, 6.45) is 7.81. The smallest absolute Gasteiger partial charge is 0.257 e. The molecule has 5 nitrogen and oxygen atoms in total. The third-order valence-corrected chi connectivity index (χ3v) is 4.97. The Kier molecular flexibility index (Phi) is 4.15. The molecule has 2 saturated heterocycles. The van der Waals surface area contributed by atoms with Crippen LogP contribution in [0.15, 0.2) is 42.7 Å². The second kappa shape index (κ2) is 6.59. The second-order valence-corrected chi connectivity index (χ2v) is 6.53. The third-order valence-electron chi connectivity index (χ3n) is 4.97. The van der Waals surface area contributed by atoms with Crippen molar-refractivity contribution < 1.29 is 4.79 Å². The highest BCUT2D eigenvalue weighted by Gasteiger charge is 2.30. The molecule has 0 aliphatic carbocycles. The molecule has 0 unspecified atom stereocenters. The van der Waals surface area contributed by atoms with E-state index < -0.39 is 0 Å². The Labute approximate surface area is 142 Å². The molecule has 1 amide bonds. The van der Waals surface area contributed by atoms with E-state index in [1.807, 2.05) is 23.1 Å². The number of nitrogens with zero attached hydrogens (tertiary/aromatic N) is 4. The van der Waals surface area contributed by atoms with E-state index >= 15 is 0 Å². The Hall–Kier alpha value is -2.43. The molecular weight excluding hydrogens is 300 g/mol. The van der Waals surface area contributed by atoms with Gasteiger partial charge in [-0.15, -0.1) is 0 Å². The molecule has 1 aromatic carbocycles. The van der Waals surface area contributed by atoms with Gasteiger partial charge in [0.05, 0.1) is 11.6 Å². The number of carbonyl (C=O) groups excluding carboxylic acids is 1. The monoisotopic (exact) mass is 322 g/mol. The average Bonchev–Trinajstić information content (AvgIpc) is 3.34. The minimum Gasteiger partial charge on any atom is -0.341 e. The number of carbonyl (C=O) groups is 1. The maximum absolute atomic E-state index is 12.9. The Bertz CT molecular complexity index is 695. The van der Waals surface area contributed by atoms with Gasteiger partial charge >= 0.3 is 0 Å². The molecule has 0 N–H and O–H groups in total. The first-order valence-corrected chi connectivity index (χ1v) is 8.76. The van der Waals surface area contributed by atoms with Crippen molar-refractivity contribution in [2.45, 2.75) is 31.7 Å². The van der Waals surface area contributed by atoms with E-state index in [4.69, 9.17) is 0 Å². The van der Waals surface area contributed by atoms with E-state index in [1.54, 1.807) is 12.4 Å². The highest BCUT2D eigenvalue weighted by Crippen LogP contribution is 2.32. The molecule has 2 fully saturated rings. The zero-order valence-electron chi connectivity index (χ0n) is 13.8. The van der Waals surface area contributed by atoms with E-state index in [9.17, 15) is 4.79 Å². The quantitative estimate of drug-likeness (QED) is 0.871. The zero-order valence-corrected chi connectivity index (χ0v) is 13.8. The van der Waals surface area contributed by atoms with Crippen molar-refractivity contribution in [2.75, 3.05) is 24.5 Å². The minimum atomic E-state index is 0.0364. The highest BCUT2D eigenvalue weighted by molar-refractivity contribution is 5.94. The maximum Gasteiger partial charge on any atom is 0.257 e. The van der Waals surface area contributed by atoms with Gasteiger partial charge in [-0.05, 0) is 31.2 Å². The van der Waals surface area contributed by atoms with Crippen molar-refractivity contribution in [3.63, 3.8) is 0 Å². The number of hydrogen-bond acceptors (Lipinski definition) is 4. The fourth-order valence-corrected chi connectivity index (χ4v) is 3.71. The molecule has 2 aromatic rings. The number of anilines is 1. The molecule has 4 rings (SSSR count). The molecule has 0 spiro atoms. The number of amides is 1. The predicted octanol–water partition coefficient (Wildman–Crippen LogP) is 3.05. The predicted molar refractivity (Wildman–Crippen MR) is 92.9 cm³/mol. The Morgan fingerprint density at radius 3 is 2.38 bits per heavy atom. The van der Waals surface area contributed by atoms with Gasteiger partial charge in [-0.25, -0.2) is 9.97 Å². The SMILES string of the molecule is O=C(c1cnc(N2CCCC2)nc1)N1CCC[C@@H]1c1ccccc1. The molecule has 2 aliphatic rings. The van der Waals surface area contributed by atoms with Gasteiger partial charge in [0.1, 0.15) is 0 Å². The zero-order chi connectivity index (χ0) is 16.4. The van der Waals surface area contributed by atoms with Crippen molar-refractivity contribution >= 4 is 11.9 Å². The number of likely N-dealkylation sites (tertiary alicyclic amines) is 1. The van der Waals surface area contributed by atoms with Crippen LogP contribution in [0.4, 0.5) is 5.95 Å². The van der Waals surface area contributed by atoms with Crippen LogP contribution in [0.2, 0.25) is 0 Å². The first-order chi connectivity index (χ1) is 11.8. The first kappa shape index (κ1) is 15.1. The lowest BCUT2D eigenvalue weighted by molar-refractivity contribution is 0.0735. The third kappa shape index (κ3) is 2.86. The Morgan fingerprint density at radius 1 is 0.958 bits per heavy atom. The summed E-state index contributed by atoms with van der Waals surface area (Å²) in [6, 6.07) is 10.4. The largest absolute Gasteiger partial charge is 0.341 e. The van der Waals surface area contributed by atoms with Gasteiger partial charge in [0.25, 0.3) is 5.91 Å². The molecule has 1 atom stereocenters. The van der Waals surface area contributed by atoms with Crippen LogP contribution in [0, 0.1) is 0 Å². The summed E-state index contributed by atoms with van der Waals surface area (Å²) in [5.41, 5.74) is 1.79. The summed E-state index contributed by atoms with van der Waals surface area (Å²) in [7, 11) is 0.